The Kier molecular flexibility index (Phi) is 8.01. The molecule has 1 aliphatic heterocycles. The molecule has 1 aliphatic rings. The molecule has 18 heavy (non-hydrogen) atoms. The van der Waals surface area contributed by atoms with Crippen molar-refractivity contribution in [1.29, 1.82) is 0 Å². The minimum atomic E-state index is 0.190. The molecule has 1 unspecified atom stereocenters. The maximum absolute atomic E-state index is 11.6. The second-order valence-corrected chi connectivity index (χ2v) is 5.15. The molecule has 1 fully saturated rings. The van der Waals surface area contributed by atoms with E-state index in [1.807, 2.05) is 7.05 Å². The summed E-state index contributed by atoms with van der Waals surface area (Å²) < 4.78 is 0. The minimum absolute atomic E-state index is 0.190. The third-order valence-corrected chi connectivity index (χ3v) is 3.77. The van der Waals surface area contributed by atoms with Gasteiger partial charge in [-0.15, -0.1) is 0 Å². The third kappa shape index (κ3) is 5.83. The van der Waals surface area contributed by atoms with Gasteiger partial charge in [0.2, 0.25) is 5.91 Å². The summed E-state index contributed by atoms with van der Waals surface area (Å²) in [6, 6.07) is 0.736. The molecule has 1 rings (SSSR count). The number of nitrogens with one attached hydrogen (secondary N) is 2. The van der Waals surface area contributed by atoms with Crippen molar-refractivity contribution in [2.24, 2.45) is 0 Å². The largest absolute Gasteiger partial charge is 0.355 e. The molecule has 4 nitrogen and oxygen atoms in total. The number of amides is 1. The number of rotatable bonds is 8. The van der Waals surface area contributed by atoms with Gasteiger partial charge < -0.3 is 10.6 Å². The summed E-state index contributed by atoms with van der Waals surface area (Å²) in [6.07, 6.45) is 6.79. The first-order valence-electron chi connectivity index (χ1n) is 7.43. The molecule has 0 aromatic carbocycles. The quantitative estimate of drug-likeness (QED) is 0.644. The summed E-state index contributed by atoms with van der Waals surface area (Å²) >= 11 is 0. The molecule has 0 saturated carbocycles. The van der Waals surface area contributed by atoms with E-state index in [4.69, 9.17) is 0 Å². The number of hydrogen-bond acceptors (Lipinski definition) is 3. The highest BCUT2D eigenvalue weighted by molar-refractivity contribution is 5.75. The van der Waals surface area contributed by atoms with Crippen LogP contribution in [-0.4, -0.2) is 50.1 Å². The molecule has 2 N–H and O–H groups in total. The predicted octanol–water partition coefficient (Wildman–Crippen LogP) is 1.37. The van der Waals surface area contributed by atoms with Crippen molar-refractivity contribution in [1.82, 2.24) is 15.5 Å². The van der Waals surface area contributed by atoms with Gasteiger partial charge in [0.25, 0.3) is 0 Å². The molecule has 0 aliphatic carbocycles. The van der Waals surface area contributed by atoms with Crippen LogP contribution < -0.4 is 10.6 Å². The van der Waals surface area contributed by atoms with E-state index >= 15 is 0 Å². The Labute approximate surface area is 111 Å². The summed E-state index contributed by atoms with van der Waals surface area (Å²) in [6.45, 7) is 6.19. The van der Waals surface area contributed by atoms with Crippen molar-refractivity contribution in [2.45, 2.75) is 51.5 Å². The van der Waals surface area contributed by atoms with Crippen molar-refractivity contribution < 1.29 is 4.79 Å². The molecule has 106 valence electrons. The number of carbonyl (C=O) groups is 1. The Morgan fingerprint density at radius 3 is 2.89 bits per heavy atom. The highest BCUT2D eigenvalue weighted by atomic mass is 16.1. The fraction of sp³-hybridized carbons (Fsp3) is 0.929. The SMILES string of the molecule is CCC1CCCCN1CCNC(=O)CCCNC. The van der Waals surface area contributed by atoms with Gasteiger partial charge in [-0.25, -0.2) is 0 Å². The molecule has 1 heterocycles. The second kappa shape index (κ2) is 9.34. The van der Waals surface area contributed by atoms with Crippen molar-refractivity contribution in [3.8, 4) is 0 Å². The van der Waals surface area contributed by atoms with E-state index in [0.717, 1.165) is 32.1 Å². The summed E-state index contributed by atoms with van der Waals surface area (Å²) in [4.78, 5) is 14.1. The zero-order valence-electron chi connectivity index (χ0n) is 12.0. The van der Waals surface area contributed by atoms with Gasteiger partial charge in [-0.2, -0.15) is 0 Å². The maximum atomic E-state index is 11.6. The standard InChI is InChI=1S/C14H29N3O/c1-3-13-7-4-5-11-17(13)12-10-16-14(18)8-6-9-15-2/h13,15H,3-12H2,1-2H3,(H,16,18). The summed E-state index contributed by atoms with van der Waals surface area (Å²) in [5, 5.41) is 6.08. The Morgan fingerprint density at radius 2 is 2.17 bits per heavy atom. The molecule has 0 bridgehead atoms. The lowest BCUT2D eigenvalue weighted by atomic mass is 10.0. The second-order valence-electron chi connectivity index (χ2n) is 5.15. The normalized spacial score (nSPS) is 20.9. The number of carbonyl (C=O) groups excluding carboxylic acids is 1. The van der Waals surface area contributed by atoms with E-state index in [1.54, 1.807) is 0 Å². The lowest BCUT2D eigenvalue weighted by molar-refractivity contribution is -0.121. The van der Waals surface area contributed by atoms with Crippen molar-refractivity contribution in [2.75, 3.05) is 33.2 Å². The van der Waals surface area contributed by atoms with Crippen LogP contribution in [0.15, 0.2) is 0 Å². The molecule has 0 radical (unpaired) electrons. The fourth-order valence-electron chi connectivity index (χ4n) is 2.67. The maximum Gasteiger partial charge on any atom is 0.220 e. The fourth-order valence-corrected chi connectivity index (χ4v) is 2.67. The molecule has 1 amide bonds. The van der Waals surface area contributed by atoms with Crippen LogP contribution in [0.5, 0.6) is 0 Å². The molecule has 4 heteroatoms. The van der Waals surface area contributed by atoms with E-state index in [-0.39, 0.29) is 5.91 Å². The highest BCUT2D eigenvalue weighted by Crippen LogP contribution is 2.18. The Morgan fingerprint density at radius 1 is 1.33 bits per heavy atom. The van der Waals surface area contributed by atoms with Gasteiger partial charge in [0.1, 0.15) is 0 Å². The van der Waals surface area contributed by atoms with Gasteiger partial charge >= 0.3 is 0 Å². The average Bonchev–Trinajstić information content (AvgIpc) is 2.39. The molecule has 0 aromatic heterocycles. The lowest BCUT2D eigenvalue weighted by Gasteiger charge is -2.35. The molecule has 1 saturated heterocycles. The van der Waals surface area contributed by atoms with Crippen molar-refractivity contribution in [3.05, 3.63) is 0 Å². The van der Waals surface area contributed by atoms with Crippen LogP contribution >= 0.6 is 0 Å². The predicted molar refractivity (Wildman–Crippen MR) is 75.7 cm³/mol. The third-order valence-electron chi connectivity index (χ3n) is 3.77. The molecular weight excluding hydrogens is 226 g/mol. The van der Waals surface area contributed by atoms with Gasteiger partial charge in [0.15, 0.2) is 0 Å². The van der Waals surface area contributed by atoms with Crippen LogP contribution in [0.3, 0.4) is 0 Å². The molecule has 0 aromatic rings. The smallest absolute Gasteiger partial charge is 0.220 e. The first kappa shape index (κ1) is 15.4. The number of nitrogens with zero attached hydrogens (tertiary/aromatic N) is 1. The van der Waals surface area contributed by atoms with Crippen LogP contribution in [-0.2, 0) is 4.79 Å². The van der Waals surface area contributed by atoms with Crippen LogP contribution in [0.2, 0.25) is 0 Å². The van der Waals surface area contributed by atoms with E-state index in [9.17, 15) is 4.79 Å². The number of piperidine rings is 1. The van der Waals surface area contributed by atoms with Gasteiger partial charge in [0.05, 0.1) is 0 Å². The monoisotopic (exact) mass is 255 g/mol. The minimum Gasteiger partial charge on any atom is -0.355 e. The topological polar surface area (TPSA) is 44.4 Å². The van der Waals surface area contributed by atoms with Crippen molar-refractivity contribution in [3.63, 3.8) is 0 Å². The molecule has 0 spiro atoms. The van der Waals surface area contributed by atoms with Crippen LogP contribution in [0, 0.1) is 0 Å². The lowest BCUT2D eigenvalue weighted by Crippen LogP contribution is -2.43. The highest BCUT2D eigenvalue weighted by Gasteiger charge is 2.19. The van der Waals surface area contributed by atoms with Gasteiger partial charge in [0, 0.05) is 25.6 Å². The summed E-state index contributed by atoms with van der Waals surface area (Å²) in [5.41, 5.74) is 0. The molecule has 1 atom stereocenters. The van der Waals surface area contributed by atoms with Crippen LogP contribution in [0.4, 0.5) is 0 Å². The van der Waals surface area contributed by atoms with E-state index in [1.165, 1.54) is 32.2 Å². The Hall–Kier alpha value is -0.610. The average molecular weight is 255 g/mol. The Balaban J connectivity index is 2.10. The zero-order chi connectivity index (χ0) is 13.2. The molecular formula is C14H29N3O. The van der Waals surface area contributed by atoms with Crippen molar-refractivity contribution >= 4 is 5.91 Å². The number of likely N-dealkylation sites (tertiary alicyclic amines) is 1. The first-order valence-corrected chi connectivity index (χ1v) is 7.43. The van der Waals surface area contributed by atoms with E-state index < -0.39 is 0 Å². The summed E-state index contributed by atoms with van der Waals surface area (Å²) in [7, 11) is 1.92. The first-order chi connectivity index (χ1) is 8.77. The van der Waals surface area contributed by atoms with E-state index in [0.29, 0.717) is 6.42 Å². The van der Waals surface area contributed by atoms with Gasteiger partial charge in [-0.3, -0.25) is 9.69 Å². The Bertz CT molecular complexity index is 233. The van der Waals surface area contributed by atoms with Crippen LogP contribution in [0.1, 0.15) is 45.4 Å². The van der Waals surface area contributed by atoms with Gasteiger partial charge in [-0.1, -0.05) is 13.3 Å². The summed E-state index contributed by atoms with van der Waals surface area (Å²) in [5.74, 6) is 0.190. The number of hydrogen-bond donors (Lipinski definition) is 2. The van der Waals surface area contributed by atoms with Crippen LogP contribution in [0.25, 0.3) is 0 Å². The van der Waals surface area contributed by atoms with E-state index in [2.05, 4.69) is 22.5 Å². The zero-order valence-corrected chi connectivity index (χ0v) is 12.0. The van der Waals surface area contributed by atoms with Gasteiger partial charge in [-0.05, 0) is 45.8 Å².